The first-order valence-electron chi connectivity index (χ1n) is 9.65. The van der Waals surface area contributed by atoms with Gasteiger partial charge in [-0.25, -0.2) is 0 Å². The van der Waals surface area contributed by atoms with E-state index in [9.17, 15) is 0 Å². The van der Waals surface area contributed by atoms with E-state index < -0.39 is 15.8 Å². The van der Waals surface area contributed by atoms with Crippen molar-refractivity contribution in [2.45, 2.75) is 0 Å². The zero-order valence-corrected chi connectivity index (χ0v) is 16.9. The third-order valence-corrected chi connectivity index (χ3v) is 11.5. The molecule has 0 bridgehead atoms. The van der Waals surface area contributed by atoms with Crippen LogP contribution in [0.3, 0.4) is 0 Å². The summed E-state index contributed by atoms with van der Waals surface area (Å²) in [4.78, 5) is 0. The minimum Gasteiger partial charge on any atom is -0.0616 e. The fourth-order valence-electron chi connectivity index (χ4n) is 4.95. The Bertz CT molecular complexity index is 656. The van der Waals surface area contributed by atoms with Crippen molar-refractivity contribution in [3.63, 3.8) is 0 Å². The van der Waals surface area contributed by atoms with Crippen molar-refractivity contribution >= 4 is 26.5 Å². The molecule has 0 atom stereocenters. The predicted octanol–water partition coefficient (Wildman–Crippen LogP) is 4.86. The Labute approximate surface area is 174 Å². The van der Waals surface area contributed by atoms with Crippen LogP contribution < -0.4 is 10.6 Å². The smallest absolute Gasteiger partial charge is 0.0164 e. The fraction of sp³-hybridized carbons (Fsp3) is 0. The zero-order valence-electron chi connectivity index (χ0n) is 15.1. The number of hydrogen-bond donors (Lipinski definition) is 0. The normalized spacial score (nSPS) is 32.0. The molecule has 0 amide bonds. The molecule has 0 unspecified atom stereocenters. The minimum absolute atomic E-state index is 0.468. The van der Waals surface area contributed by atoms with Crippen LogP contribution in [0.25, 0.3) is 0 Å². The molecule has 2 heteroatoms. The molecule has 7 rings (SSSR count). The lowest BCUT2D eigenvalue weighted by atomic mass is 9.90. The van der Waals surface area contributed by atoms with E-state index in [0.717, 1.165) is 0 Å². The first-order chi connectivity index (χ1) is 13.9. The van der Waals surface area contributed by atoms with Gasteiger partial charge in [-0.3, -0.25) is 0 Å². The predicted molar refractivity (Wildman–Crippen MR) is 117 cm³/mol. The second kappa shape index (κ2) is 6.79. The maximum absolute atomic E-state index is 2.39. The van der Waals surface area contributed by atoms with Crippen LogP contribution in [-0.4, -0.2) is 0 Å². The molecular weight excluding hydrogens is 374 g/mol. The second-order valence-electron chi connectivity index (χ2n) is 7.46. The highest BCUT2D eigenvalue weighted by Gasteiger charge is 2.59. The lowest BCUT2D eigenvalue weighted by Gasteiger charge is -2.31. The highest BCUT2D eigenvalue weighted by atomic mass is 31.1. The van der Waals surface area contributed by atoms with Crippen molar-refractivity contribution in [1.82, 2.24) is 0 Å². The van der Waals surface area contributed by atoms with Gasteiger partial charge in [0.2, 0.25) is 0 Å². The van der Waals surface area contributed by atoms with Crippen LogP contribution in [0, 0.1) is 123 Å². The standard InChI is InChI=1S/C26H16P2/c1-2-12-26(28-23-15-5-9-19(23)20-10-6-16-24(20)28)25(11-1)27-21-13-3-7-17(21)18-8-4-14-22(18)27/h1-16H. The van der Waals surface area contributed by atoms with Gasteiger partial charge < -0.3 is 0 Å². The van der Waals surface area contributed by atoms with E-state index in [1.54, 1.807) is 10.6 Å². The third kappa shape index (κ3) is 2.38. The van der Waals surface area contributed by atoms with Crippen molar-refractivity contribution < 1.29 is 0 Å². The number of fused-ring (bicyclic) bond motifs is 6. The van der Waals surface area contributed by atoms with E-state index >= 15 is 0 Å². The Morgan fingerprint density at radius 1 is 0.393 bits per heavy atom. The fourth-order valence-corrected chi connectivity index (χ4v) is 10.9. The summed E-state index contributed by atoms with van der Waals surface area (Å²) in [6.07, 6.45) is 27.5. The molecule has 6 fully saturated rings. The van der Waals surface area contributed by atoms with Crippen LogP contribution in [-0.2, 0) is 0 Å². The molecule has 0 aromatic heterocycles. The van der Waals surface area contributed by atoms with Gasteiger partial charge in [-0.15, -0.1) is 0 Å². The molecule has 130 valence electrons. The molecule has 2 aliphatic heterocycles. The summed E-state index contributed by atoms with van der Waals surface area (Å²) in [5.41, 5.74) is 6.14. The van der Waals surface area contributed by atoms with Crippen molar-refractivity contribution in [3.05, 3.63) is 148 Å². The first kappa shape index (κ1) is 17.7. The molecule has 0 spiro atoms. The molecular formula is C26H16P2. The Morgan fingerprint density at radius 3 is 1.04 bits per heavy atom. The van der Waals surface area contributed by atoms with E-state index in [-0.39, 0.29) is 0 Å². The quantitative estimate of drug-likeness (QED) is 0.633. The first-order valence-corrected chi connectivity index (χ1v) is 12.3. The lowest BCUT2D eigenvalue weighted by Crippen LogP contribution is -2.25. The van der Waals surface area contributed by atoms with Gasteiger partial charge >= 0.3 is 0 Å². The summed E-state index contributed by atoms with van der Waals surface area (Å²) in [6.45, 7) is 0. The van der Waals surface area contributed by atoms with Crippen LogP contribution in [0.15, 0.2) is 24.3 Å². The number of benzene rings is 1. The van der Waals surface area contributed by atoms with Crippen LogP contribution in [0.4, 0.5) is 0 Å². The molecule has 6 aliphatic rings. The highest BCUT2D eigenvalue weighted by molar-refractivity contribution is 7.79. The Balaban J connectivity index is 1.32. The third-order valence-electron chi connectivity index (χ3n) is 6.08. The van der Waals surface area contributed by atoms with Gasteiger partial charge in [0.15, 0.2) is 0 Å². The molecule has 4 aliphatic carbocycles. The van der Waals surface area contributed by atoms with E-state index in [1.165, 1.54) is 46.3 Å². The molecule has 0 N–H and O–H groups in total. The van der Waals surface area contributed by atoms with Gasteiger partial charge in [-0.05, 0) is 111 Å². The van der Waals surface area contributed by atoms with Gasteiger partial charge in [0, 0.05) is 22.6 Å². The van der Waals surface area contributed by atoms with Gasteiger partial charge in [0.1, 0.15) is 0 Å². The number of hydrogen-bond acceptors (Lipinski definition) is 0. The molecule has 1 aromatic rings. The van der Waals surface area contributed by atoms with Crippen LogP contribution in [0.1, 0.15) is 0 Å². The van der Waals surface area contributed by atoms with Crippen LogP contribution >= 0.6 is 15.8 Å². The van der Waals surface area contributed by atoms with E-state index in [1.807, 2.05) is 0 Å². The van der Waals surface area contributed by atoms with Crippen molar-refractivity contribution in [1.29, 1.82) is 0 Å². The Morgan fingerprint density at radius 2 is 0.714 bits per heavy atom. The lowest BCUT2D eigenvalue weighted by molar-refractivity contribution is 1.13. The molecule has 2 saturated heterocycles. The van der Waals surface area contributed by atoms with E-state index in [2.05, 4.69) is 101 Å². The summed E-state index contributed by atoms with van der Waals surface area (Å²) in [5.74, 6) is 5.79. The molecule has 4 saturated carbocycles. The van der Waals surface area contributed by atoms with Gasteiger partial charge in [0.05, 0.1) is 0 Å². The van der Waals surface area contributed by atoms with Gasteiger partial charge in [-0.2, -0.15) is 0 Å². The van der Waals surface area contributed by atoms with Crippen molar-refractivity contribution in [3.8, 4) is 0 Å². The van der Waals surface area contributed by atoms with Gasteiger partial charge in [-0.1, -0.05) is 40.1 Å². The SMILES string of the molecule is [CH]1[CH][C]2[C]3[CH][CH][CH][C]3P(c3ccccc3P3[C]4[CH][CH][CH][C]4[C]4[CH][CH][CH][C]43)[C]2[CH]1. The van der Waals surface area contributed by atoms with E-state index in [0.29, 0.717) is 0 Å². The van der Waals surface area contributed by atoms with Crippen LogP contribution in [0.5, 0.6) is 0 Å². The maximum atomic E-state index is 2.39. The molecule has 28 heavy (non-hydrogen) atoms. The minimum atomic E-state index is -0.468. The monoisotopic (exact) mass is 390 g/mol. The summed E-state index contributed by atoms with van der Waals surface area (Å²) < 4.78 is 0. The maximum Gasteiger partial charge on any atom is 0.0164 e. The average Bonchev–Trinajstić information content (AvgIpc) is 3.48. The zero-order chi connectivity index (χ0) is 18.2. The summed E-state index contributed by atoms with van der Waals surface area (Å²) in [6, 6.07) is 9.25. The molecule has 1 aromatic carbocycles. The van der Waals surface area contributed by atoms with Crippen LogP contribution in [0.2, 0.25) is 0 Å². The Hall–Kier alpha value is 0.0800. The largest absolute Gasteiger partial charge is 0.0616 e. The topological polar surface area (TPSA) is 0 Å². The van der Waals surface area contributed by atoms with E-state index in [4.69, 9.17) is 0 Å². The van der Waals surface area contributed by atoms with Gasteiger partial charge in [0.25, 0.3) is 0 Å². The van der Waals surface area contributed by atoms with Crippen molar-refractivity contribution in [2.24, 2.45) is 0 Å². The highest BCUT2D eigenvalue weighted by Crippen LogP contribution is 2.80. The second-order valence-corrected chi connectivity index (χ2v) is 11.7. The summed E-state index contributed by atoms with van der Waals surface area (Å²) >= 11 is 0. The summed E-state index contributed by atoms with van der Waals surface area (Å²) in [5, 5.41) is 3.09. The Kier molecular flexibility index (Phi) is 4.30. The molecule has 20 radical (unpaired) electrons. The summed E-state index contributed by atoms with van der Waals surface area (Å²) in [7, 11) is -0.936. The molecule has 2 heterocycles. The number of rotatable bonds is 2. The van der Waals surface area contributed by atoms with Crippen molar-refractivity contribution in [2.75, 3.05) is 0 Å². The molecule has 0 nitrogen and oxygen atoms in total. The average molecular weight is 390 g/mol.